The Hall–Kier alpha value is -0.860. The molecule has 1 atom stereocenters. The Morgan fingerprint density at radius 3 is 2.39 bits per heavy atom. The van der Waals surface area contributed by atoms with E-state index in [0.717, 1.165) is 26.2 Å². The molecule has 1 unspecified atom stereocenters. The molecule has 0 radical (unpaired) electrons. The largest absolute Gasteiger partial charge is 0.490 e. The van der Waals surface area contributed by atoms with E-state index >= 15 is 0 Å². The van der Waals surface area contributed by atoms with E-state index in [2.05, 4.69) is 4.90 Å². The standard InChI is InChI=1S/C8H18N2O.C2HF3O2/c9-6-8-2-1-3-10(7-8)4-5-11;3-2(4,5)1(6)7/h8,11H,1-7,9H2;(H,6,7). The number of nitrogens with zero attached hydrogens (tertiary/aromatic N) is 1. The summed E-state index contributed by atoms with van der Waals surface area (Å²) in [5.41, 5.74) is 5.57. The molecule has 1 heterocycles. The highest BCUT2D eigenvalue weighted by atomic mass is 19.4. The monoisotopic (exact) mass is 272 g/mol. The highest BCUT2D eigenvalue weighted by molar-refractivity contribution is 5.73. The molecule has 8 heteroatoms. The van der Waals surface area contributed by atoms with E-state index in [0.29, 0.717) is 5.92 Å². The number of aliphatic hydroxyl groups is 1. The van der Waals surface area contributed by atoms with Gasteiger partial charge in [-0.3, -0.25) is 0 Å². The molecule has 1 saturated heterocycles. The Morgan fingerprint density at radius 1 is 1.44 bits per heavy atom. The maximum absolute atomic E-state index is 10.6. The average molecular weight is 272 g/mol. The molecule has 0 aromatic rings. The van der Waals surface area contributed by atoms with Crippen LogP contribution in [0.4, 0.5) is 13.2 Å². The summed E-state index contributed by atoms with van der Waals surface area (Å²) < 4.78 is 31.7. The molecule has 1 aliphatic heterocycles. The second-order valence-corrected chi connectivity index (χ2v) is 4.07. The number of β-amino-alcohol motifs (C(OH)–C–C–N with tert-alkyl or cyclic N) is 1. The minimum absolute atomic E-state index is 0.275. The zero-order valence-electron chi connectivity index (χ0n) is 9.99. The van der Waals surface area contributed by atoms with Crippen LogP contribution in [0.3, 0.4) is 0 Å². The lowest BCUT2D eigenvalue weighted by atomic mass is 9.98. The maximum Gasteiger partial charge on any atom is 0.490 e. The quantitative estimate of drug-likeness (QED) is 0.687. The number of carboxylic acid groups (broad SMARTS) is 1. The van der Waals surface area contributed by atoms with Crippen molar-refractivity contribution in [1.29, 1.82) is 0 Å². The van der Waals surface area contributed by atoms with Crippen LogP contribution in [0.1, 0.15) is 12.8 Å². The molecule has 0 amide bonds. The molecule has 4 N–H and O–H groups in total. The predicted molar refractivity (Wildman–Crippen MR) is 59.0 cm³/mol. The minimum atomic E-state index is -5.08. The third-order valence-corrected chi connectivity index (χ3v) is 2.60. The van der Waals surface area contributed by atoms with E-state index in [1.165, 1.54) is 12.8 Å². The van der Waals surface area contributed by atoms with Gasteiger partial charge in [0, 0.05) is 13.1 Å². The minimum Gasteiger partial charge on any atom is -0.475 e. The first kappa shape index (κ1) is 17.1. The summed E-state index contributed by atoms with van der Waals surface area (Å²) in [5.74, 6) is -2.09. The normalized spacial score (nSPS) is 21.1. The first-order chi connectivity index (χ1) is 8.31. The molecule has 5 nitrogen and oxygen atoms in total. The van der Waals surface area contributed by atoms with Gasteiger partial charge in [0.2, 0.25) is 0 Å². The zero-order valence-corrected chi connectivity index (χ0v) is 9.99. The van der Waals surface area contributed by atoms with Gasteiger partial charge in [0.05, 0.1) is 6.61 Å². The van der Waals surface area contributed by atoms with Crippen molar-refractivity contribution >= 4 is 5.97 Å². The lowest BCUT2D eigenvalue weighted by molar-refractivity contribution is -0.192. The van der Waals surface area contributed by atoms with Crippen molar-refractivity contribution in [2.45, 2.75) is 19.0 Å². The summed E-state index contributed by atoms with van der Waals surface area (Å²) in [6.45, 7) is 4.10. The lowest BCUT2D eigenvalue weighted by Gasteiger charge is -2.31. The van der Waals surface area contributed by atoms with Crippen molar-refractivity contribution in [1.82, 2.24) is 4.90 Å². The van der Waals surface area contributed by atoms with Gasteiger partial charge in [-0.2, -0.15) is 13.2 Å². The number of aliphatic hydroxyl groups excluding tert-OH is 1. The number of piperidine rings is 1. The van der Waals surface area contributed by atoms with Gasteiger partial charge >= 0.3 is 12.1 Å². The van der Waals surface area contributed by atoms with Crippen LogP contribution in [0.15, 0.2) is 0 Å². The molecular formula is C10H19F3N2O3. The van der Waals surface area contributed by atoms with Gasteiger partial charge < -0.3 is 20.8 Å². The van der Waals surface area contributed by atoms with Crippen LogP contribution >= 0.6 is 0 Å². The maximum atomic E-state index is 10.6. The molecule has 0 aromatic carbocycles. The molecule has 108 valence electrons. The zero-order chi connectivity index (χ0) is 14.2. The number of halogens is 3. The molecule has 0 saturated carbocycles. The summed E-state index contributed by atoms with van der Waals surface area (Å²) in [6.07, 6.45) is -2.58. The van der Waals surface area contributed by atoms with Gasteiger partial charge in [-0.05, 0) is 31.8 Å². The van der Waals surface area contributed by atoms with Gasteiger partial charge in [-0.25, -0.2) is 4.79 Å². The average Bonchev–Trinajstić information content (AvgIpc) is 2.29. The first-order valence-corrected chi connectivity index (χ1v) is 5.64. The van der Waals surface area contributed by atoms with E-state index < -0.39 is 12.1 Å². The Bertz CT molecular complexity index is 247. The molecule has 1 rings (SSSR count). The summed E-state index contributed by atoms with van der Waals surface area (Å²) >= 11 is 0. The number of aliphatic carboxylic acids is 1. The van der Waals surface area contributed by atoms with Gasteiger partial charge in [0.15, 0.2) is 0 Å². The number of nitrogens with two attached hydrogens (primary N) is 1. The van der Waals surface area contributed by atoms with Crippen molar-refractivity contribution in [2.24, 2.45) is 11.7 Å². The van der Waals surface area contributed by atoms with Crippen LogP contribution in [0.25, 0.3) is 0 Å². The Labute approximate surface area is 103 Å². The number of hydrogen-bond donors (Lipinski definition) is 3. The predicted octanol–water partition coefficient (Wildman–Crippen LogP) is 0.283. The summed E-state index contributed by atoms with van der Waals surface area (Å²) in [7, 11) is 0. The second-order valence-electron chi connectivity index (χ2n) is 4.07. The van der Waals surface area contributed by atoms with Gasteiger partial charge in [-0.15, -0.1) is 0 Å². The van der Waals surface area contributed by atoms with Crippen LogP contribution in [0.2, 0.25) is 0 Å². The number of carbonyl (C=O) groups is 1. The van der Waals surface area contributed by atoms with E-state index in [4.69, 9.17) is 20.7 Å². The fourth-order valence-corrected chi connectivity index (χ4v) is 1.69. The number of rotatable bonds is 3. The Kier molecular flexibility index (Phi) is 7.88. The van der Waals surface area contributed by atoms with Crippen molar-refractivity contribution in [3.05, 3.63) is 0 Å². The molecule has 1 fully saturated rings. The second kappa shape index (κ2) is 8.28. The Morgan fingerprint density at radius 2 is 2.00 bits per heavy atom. The third kappa shape index (κ3) is 7.46. The van der Waals surface area contributed by atoms with E-state index in [1.807, 2.05) is 0 Å². The molecule has 0 aromatic heterocycles. The molecule has 0 aliphatic carbocycles. The van der Waals surface area contributed by atoms with Crippen molar-refractivity contribution in [2.75, 3.05) is 32.8 Å². The number of likely N-dealkylation sites (tertiary alicyclic amines) is 1. The van der Waals surface area contributed by atoms with Crippen LogP contribution < -0.4 is 5.73 Å². The van der Waals surface area contributed by atoms with Crippen molar-refractivity contribution in [3.63, 3.8) is 0 Å². The summed E-state index contributed by atoms with van der Waals surface area (Å²) in [4.78, 5) is 11.2. The fraction of sp³-hybridized carbons (Fsp3) is 0.900. The highest BCUT2D eigenvalue weighted by Crippen LogP contribution is 2.14. The SMILES string of the molecule is NCC1CCCN(CCO)C1.O=C(O)C(F)(F)F. The van der Waals surface area contributed by atoms with Crippen LogP contribution in [-0.2, 0) is 4.79 Å². The molecular weight excluding hydrogens is 253 g/mol. The summed E-state index contributed by atoms with van der Waals surface area (Å²) in [6, 6.07) is 0. The smallest absolute Gasteiger partial charge is 0.475 e. The Balaban J connectivity index is 0.000000360. The van der Waals surface area contributed by atoms with Crippen molar-refractivity contribution < 1.29 is 28.2 Å². The van der Waals surface area contributed by atoms with Crippen LogP contribution in [0, 0.1) is 5.92 Å². The van der Waals surface area contributed by atoms with Crippen molar-refractivity contribution in [3.8, 4) is 0 Å². The van der Waals surface area contributed by atoms with Crippen LogP contribution in [0.5, 0.6) is 0 Å². The molecule has 0 bridgehead atoms. The highest BCUT2D eigenvalue weighted by Gasteiger charge is 2.38. The van der Waals surface area contributed by atoms with E-state index in [1.54, 1.807) is 0 Å². The number of hydrogen-bond acceptors (Lipinski definition) is 4. The van der Waals surface area contributed by atoms with E-state index in [-0.39, 0.29) is 6.61 Å². The van der Waals surface area contributed by atoms with Gasteiger partial charge in [-0.1, -0.05) is 0 Å². The fourth-order valence-electron chi connectivity index (χ4n) is 1.69. The number of alkyl halides is 3. The molecule has 0 spiro atoms. The number of carboxylic acids is 1. The molecule has 18 heavy (non-hydrogen) atoms. The van der Waals surface area contributed by atoms with Gasteiger partial charge in [0.25, 0.3) is 0 Å². The summed E-state index contributed by atoms with van der Waals surface area (Å²) in [5, 5.41) is 15.8. The van der Waals surface area contributed by atoms with Gasteiger partial charge in [0.1, 0.15) is 0 Å². The van der Waals surface area contributed by atoms with Crippen LogP contribution in [-0.4, -0.2) is 60.0 Å². The van der Waals surface area contributed by atoms with E-state index in [9.17, 15) is 13.2 Å². The topological polar surface area (TPSA) is 86.8 Å². The first-order valence-electron chi connectivity index (χ1n) is 5.64. The lowest BCUT2D eigenvalue weighted by Crippen LogP contribution is -2.39. The molecule has 1 aliphatic rings. The third-order valence-electron chi connectivity index (χ3n) is 2.60.